The van der Waals surface area contributed by atoms with Gasteiger partial charge < -0.3 is 76.1 Å². The molecule has 18 N–H and O–H groups in total. The molecule has 0 aromatic carbocycles. The van der Waals surface area contributed by atoms with Crippen molar-refractivity contribution in [2.45, 2.75) is 191 Å². The quantitative estimate of drug-likeness (QED) is 0.0332. The second kappa shape index (κ2) is 39.3. The van der Waals surface area contributed by atoms with Gasteiger partial charge in [-0.25, -0.2) is 0 Å². The predicted molar refractivity (Wildman–Crippen MR) is 285 cm³/mol. The van der Waals surface area contributed by atoms with E-state index in [1.165, 1.54) is 11.8 Å². The summed E-state index contributed by atoms with van der Waals surface area (Å²) in [6, 6.07) is -7.54. The number of primary amides is 1. The van der Waals surface area contributed by atoms with Crippen molar-refractivity contribution in [2.75, 3.05) is 51.6 Å². The largest absolute Gasteiger partial charge is 0.368 e. The molecule has 0 aliphatic carbocycles. The van der Waals surface area contributed by atoms with Gasteiger partial charge in [-0.05, 0) is 142 Å². The first-order valence-electron chi connectivity index (χ1n) is 26.7. The smallest absolute Gasteiger partial charge is 0.245 e. The van der Waals surface area contributed by atoms with Gasteiger partial charge in [-0.2, -0.15) is 12.6 Å². The van der Waals surface area contributed by atoms with Crippen LogP contribution in [0.5, 0.6) is 0 Å². The van der Waals surface area contributed by atoms with Crippen LogP contribution in [0.3, 0.4) is 0 Å². The van der Waals surface area contributed by atoms with Crippen LogP contribution in [-0.2, 0) is 47.9 Å². The summed E-state index contributed by atoms with van der Waals surface area (Å²) >= 11 is 4.04. The van der Waals surface area contributed by atoms with Crippen molar-refractivity contribution in [3.8, 4) is 0 Å². The van der Waals surface area contributed by atoms with Crippen molar-refractivity contribution in [3.05, 3.63) is 0 Å². The molecule has 1 rings (SSSR count). The third kappa shape index (κ3) is 28.0. The number of hydrogen-bond acceptors (Lipinski definition) is 15. The highest BCUT2D eigenvalue weighted by Gasteiger charge is 2.33. The van der Waals surface area contributed by atoms with Gasteiger partial charge in [-0.1, -0.05) is 26.7 Å². The van der Waals surface area contributed by atoms with Gasteiger partial charge in [0.2, 0.25) is 59.1 Å². The van der Waals surface area contributed by atoms with Gasteiger partial charge in [0.25, 0.3) is 0 Å². The van der Waals surface area contributed by atoms with Gasteiger partial charge >= 0.3 is 0 Å². The summed E-state index contributed by atoms with van der Waals surface area (Å²) in [5.41, 5.74) is 28.5. The number of nitrogens with zero attached hydrogens (tertiary/aromatic N) is 1. The number of nitrogens with one attached hydrogen (secondary N) is 8. The van der Waals surface area contributed by atoms with Crippen molar-refractivity contribution >= 4 is 71.7 Å². The van der Waals surface area contributed by atoms with E-state index in [1.807, 2.05) is 13.8 Å². The van der Waals surface area contributed by atoms with E-state index in [0.717, 1.165) is 0 Å². The molecule has 0 aromatic rings. The molecule has 0 bridgehead atoms. The van der Waals surface area contributed by atoms with Gasteiger partial charge in [-0.3, -0.25) is 47.9 Å². The Labute approximate surface area is 443 Å². The highest BCUT2D eigenvalue weighted by atomic mass is 32.1. The third-order valence-corrected chi connectivity index (χ3v) is 12.9. The van der Waals surface area contributed by atoms with Gasteiger partial charge in [0.1, 0.15) is 42.3 Å². The van der Waals surface area contributed by atoms with Crippen LogP contribution in [0.2, 0.25) is 0 Å². The van der Waals surface area contributed by atoms with Crippen molar-refractivity contribution < 1.29 is 47.9 Å². The summed E-state index contributed by atoms with van der Waals surface area (Å²) in [7, 11) is 0. The number of amides is 10. The maximum atomic E-state index is 14.8. The maximum absolute atomic E-state index is 14.8. The molecule has 74 heavy (non-hydrogen) atoms. The Morgan fingerprint density at radius 3 is 1.65 bits per heavy atom. The Balaban J connectivity index is 3.68. The molecule has 1 aliphatic rings. The standard InChI is InChI=1S/C49H92N14O10S/c1-32(2)42-48(72)55-28-16-4-5-17-29-63(30-41(66)58-34(18-8-12-24-50)45(69)56-33(3)44(68)61-38(31-74)43(54)67)49(73)37(21-11-15-27-53)60-47(71)36(20-10-14-26-52)59-46(70)35(19-9-13-25-51)57-39(64)22-6-7-23-40(65)62-42/h32-38,42,74H,4-31,50-53H2,1-3H3,(H2,54,67)(H,55,72)(H,56,69)(H,57,64)(H,58,66)(H,59,70)(H,60,71)(H,61,68)(H,62,65)/t33-,34-,35-,36-,37-,38-,42-/m0/s1. The lowest BCUT2D eigenvalue weighted by atomic mass is 10.0. The number of hydrogen-bond donors (Lipinski definition) is 14. The van der Waals surface area contributed by atoms with Crippen LogP contribution in [0.15, 0.2) is 0 Å². The molecule has 25 heteroatoms. The lowest BCUT2D eigenvalue weighted by Gasteiger charge is -2.30. The SMILES string of the molecule is CC(C)[C@@H]1NC(=O)CCCCC(=O)N[C@@H](CCCCN)C(=O)N[C@@H](CCCCN)C(=O)N[C@@H](CCCCN)C(=O)N(CC(=O)N[C@@H](CCCCN)C(=O)N[C@@H](C)C(=O)N[C@@H](CS)C(N)=O)CCCCCCNC1=O. The van der Waals surface area contributed by atoms with Crippen LogP contribution in [-0.4, -0.2) is 158 Å². The Morgan fingerprint density at radius 2 is 1.11 bits per heavy atom. The molecule has 1 heterocycles. The monoisotopic (exact) mass is 1070 g/mol. The first kappa shape index (κ1) is 66.9. The number of rotatable bonds is 26. The van der Waals surface area contributed by atoms with Crippen LogP contribution < -0.4 is 71.2 Å². The zero-order chi connectivity index (χ0) is 55.4. The molecule has 1 saturated heterocycles. The Morgan fingerprint density at radius 1 is 0.595 bits per heavy atom. The number of unbranched alkanes of at least 4 members (excludes halogenated alkanes) is 4. The highest BCUT2D eigenvalue weighted by molar-refractivity contribution is 7.80. The fourth-order valence-electron chi connectivity index (χ4n) is 8.08. The molecule has 0 unspecified atom stereocenters. The second-order valence-electron chi connectivity index (χ2n) is 19.3. The highest BCUT2D eigenvalue weighted by Crippen LogP contribution is 2.13. The Kier molecular flexibility index (Phi) is 35.6. The van der Waals surface area contributed by atoms with Crippen LogP contribution in [0, 0.1) is 5.92 Å². The van der Waals surface area contributed by atoms with Crippen LogP contribution in [0.1, 0.15) is 149 Å². The van der Waals surface area contributed by atoms with E-state index in [0.29, 0.717) is 123 Å². The maximum Gasteiger partial charge on any atom is 0.245 e. The molecular formula is C49H92N14O10S. The van der Waals surface area contributed by atoms with Crippen molar-refractivity contribution in [1.29, 1.82) is 0 Å². The van der Waals surface area contributed by atoms with Crippen molar-refractivity contribution in [3.63, 3.8) is 0 Å². The summed E-state index contributed by atoms with van der Waals surface area (Å²) in [6.45, 7) is 6.18. The molecule has 1 aliphatic heterocycles. The van der Waals surface area contributed by atoms with Gasteiger partial charge in [-0.15, -0.1) is 0 Å². The van der Waals surface area contributed by atoms with Crippen LogP contribution in [0.4, 0.5) is 0 Å². The number of thiol groups is 1. The Bertz CT molecular complexity index is 1760. The normalized spacial score (nSPS) is 21.0. The lowest BCUT2D eigenvalue weighted by Crippen LogP contribution is -2.58. The number of carbonyl (C=O) groups excluding carboxylic acids is 10. The zero-order valence-corrected chi connectivity index (χ0v) is 45.2. The summed E-state index contributed by atoms with van der Waals surface area (Å²) in [6.07, 6.45) is 7.51. The minimum Gasteiger partial charge on any atom is -0.368 e. The predicted octanol–water partition coefficient (Wildman–Crippen LogP) is -1.93. The van der Waals surface area contributed by atoms with E-state index in [-0.39, 0.29) is 68.6 Å². The number of carbonyl (C=O) groups is 10. The van der Waals surface area contributed by atoms with Gasteiger partial charge in [0, 0.05) is 31.7 Å². The lowest BCUT2D eigenvalue weighted by molar-refractivity contribution is -0.141. The van der Waals surface area contributed by atoms with Gasteiger partial charge in [0.15, 0.2) is 0 Å². The van der Waals surface area contributed by atoms with E-state index in [9.17, 15) is 47.9 Å². The molecule has 7 atom stereocenters. The molecule has 0 aromatic heterocycles. The minimum absolute atomic E-state index is 0.0145. The van der Waals surface area contributed by atoms with E-state index < -0.39 is 96.1 Å². The van der Waals surface area contributed by atoms with E-state index in [4.69, 9.17) is 28.7 Å². The second-order valence-corrected chi connectivity index (χ2v) is 19.7. The molecule has 10 amide bonds. The Hall–Kier alpha value is -5.11. The third-order valence-electron chi connectivity index (χ3n) is 12.6. The molecule has 0 spiro atoms. The fraction of sp³-hybridized carbons (Fsp3) is 0.796. The van der Waals surface area contributed by atoms with Crippen LogP contribution >= 0.6 is 12.6 Å². The van der Waals surface area contributed by atoms with Gasteiger partial charge in [0.05, 0.1) is 6.54 Å². The molecule has 0 radical (unpaired) electrons. The van der Waals surface area contributed by atoms with Crippen molar-refractivity contribution in [1.82, 2.24) is 47.4 Å². The average molecular weight is 1070 g/mol. The van der Waals surface area contributed by atoms with E-state index >= 15 is 0 Å². The summed E-state index contributed by atoms with van der Waals surface area (Å²) < 4.78 is 0. The summed E-state index contributed by atoms with van der Waals surface area (Å²) in [5.74, 6) is -6.19. The summed E-state index contributed by atoms with van der Waals surface area (Å²) in [4.78, 5) is 136. The molecule has 24 nitrogen and oxygen atoms in total. The van der Waals surface area contributed by atoms with E-state index in [2.05, 4.69) is 55.2 Å². The van der Waals surface area contributed by atoms with Crippen molar-refractivity contribution in [2.24, 2.45) is 34.6 Å². The number of nitrogens with two attached hydrogens (primary N) is 5. The molecule has 424 valence electrons. The van der Waals surface area contributed by atoms with Crippen LogP contribution in [0.25, 0.3) is 0 Å². The first-order chi connectivity index (χ1) is 35.3. The molecule has 1 fully saturated rings. The molecule has 0 saturated carbocycles. The first-order valence-corrected chi connectivity index (χ1v) is 27.3. The van der Waals surface area contributed by atoms with E-state index in [1.54, 1.807) is 0 Å². The zero-order valence-electron chi connectivity index (χ0n) is 44.3. The minimum atomic E-state index is -1.18. The average Bonchev–Trinajstić information content (AvgIpc) is 3.35. The fourth-order valence-corrected chi connectivity index (χ4v) is 8.36. The molecular weight excluding hydrogens is 977 g/mol. The topological polar surface area (TPSA) is 400 Å². The summed E-state index contributed by atoms with van der Waals surface area (Å²) in [5, 5.41) is 21.9.